The molecule has 3 N–H and O–H groups in total. The number of rotatable bonds is 6. The summed E-state index contributed by atoms with van der Waals surface area (Å²) in [5.74, 6) is 0.665. The number of anilines is 2. The largest absolute Gasteiger partial charge is 0.497 e. The van der Waals surface area contributed by atoms with Crippen LogP contribution in [0.1, 0.15) is 5.69 Å². The highest BCUT2D eigenvalue weighted by molar-refractivity contribution is 5.99. The smallest absolute Gasteiger partial charge is 0.225 e. The number of nitrogens with two attached hydrogens (primary N) is 1. The second-order valence-electron chi connectivity index (χ2n) is 6.45. The summed E-state index contributed by atoms with van der Waals surface area (Å²) in [6.07, 6.45) is 2.44. The molecule has 29 heavy (non-hydrogen) atoms. The van der Waals surface area contributed by atoms with Crippen LogP contribution in [0.3, 0.4) is 0 Å². The molecule has 0 bridgehead atoms. The average Bonchev–Trinajstić information content (AvgIpc) is 3.02. The van der Waals surface area contributed by atoms with Gasteiger partial charge in [-0.15, -0.1) is 0 Å². The number of nitrogens with one attached hydrogen (secondary N) is 1. The quantitative estimate of drug-likeness (QED) is 0.519. The molecular formula is C20H20FN7O. The van der Waals surface area contributed by atoms with Crippen molar-refractivity contribution in [1.82, 2.24) is 24.7 Å². The molecule has 4 aromatic rings. The van der Waals surface area contributed by atoms with Crippen molar-refractivity contribution >= 4 is 22.8 Å². The second-order valence-corrected chi connectivity index (χ2v) is 6.45. The zero-order valence-corrected chi connectivity index (χ0v) is 16.1. The van der Waals surface area contributed by atoms with Gasteiger partial charge in [0.25, 0.3) is 0 Å². The van der Waals surface area contributed by atoms with E-state index >= 15 is 0 Å². The molecule has 8 nitrogen and oxygen atoms in total. The van der Waals surface area contributed by atoms with Gasteiger partial charge in [0.1, 0.15) is 17.4 Å². The summed E-state index contributed by atoms with van der Waals surface area (Å²) in [6.45, 7) is 0.565. The van der Waals surface area contributed by atoms with Gasteiger partial charge in [0, 0.05) is 43.5 Å². The predicted octanol–water partition coefficient (Wildman–Crippen LogP) is 2.81. The Labute approximate surface area is 166 Å². The van der Waals surface area contributed by atoms with Crippen LogP contribution < -0.4 is 15.8 Å². The number of benzene rings is 1. The van der Waals surface area contributed by atoms with E-state index in [0.29, 0.717) is 52.8 Å². The van der Waals surface area contributed by atoms with Crippen molar-refractivity contribution in [3.8, 4) is 17.0 Å². The van der Waals surface area contributed by atoms with E-state index in [1.165, 1.54) is 17.9 Å². The molecule has 0 fully saturated rings. The lowest BCUT2D eigenvalue weighted by molar-refractivity contribution is 0.411. The zero-order chi connectivity index (χ0) is 20.4. The number of nitrogen functional groups attached to an aromatic ring is 1. The van der Waals surface area contributed by atoms with Gasteiger partial charge in [0.2, 0.25) is 5.95 Å². The number of hydrogen-bond acceptors (Lipinski definition) is 7. The minimum absolute atomic E-state index is 0.297. The van der Waals surface area contributed by atoms with Gasteiger partial charge in [-0.05, 0) is 24.3 Å². The second kappa shape index (κ2) is 7.70. The lowest BCUT2D eigenvalue weighted by atomic mass is 10.1. The number of aromatic nitrogens is 5. The summed E-state index contributed by atoms with van der Waals surface area (Å²) in [5.41, 5.74) is 8.17. The molecule has 0 saturated carbocycles. The van der Waals surface area contributed by atoms with E-state index in [1.807, 2.05) is 18.2 Å². The van der Waals surface area contributed by atoms with Crippen LogP contribution in [0.5, 0.6) is 5.75 Å². The number of ether oxygens (including phenoxy) is 1. The zero-order valence-electron chi connectivity index (χ0n) is 16.1. The lowest BCUT2D eigenvalue weighted by Crippen LogP contribution is -2.09. The number of methoxy groups -OCH3 is 1. The van der Waals surface area contributed by atoms with Gasteiger partial charge in [-0.1, -0.05) is 6.07 Å². The number of nitrogens with zero attached hydrogens (tertiary/aromatic N) is 5. The fourth-order valence-corrected chi connectivity index (χ4v) is 3.05. The Hall–Kier alpha value is -3.75. The Morgan fingerprint density at radius 3 is 2.79 bits per heavy atom. The molecule has 0 unspecified atom stereocenters. The minimum Gasteiger partial charge on any atom is -0.497 e. The number of aryl methyl sites for hydroxylation is 1. The standard InChI is InChI=1S/C20H20FN7O/c1-28-18(22)16-17(14-7-6-13(29-2)11-15(14)21)25-20(26-19(16)27-28)24-10-8-12-5-3-4-9-23-12/h3-7,9,11H,8,10,22H2,1-2H3,(H,24,26,27). The molecule has 0 spiro atoms. The van der Waals surface area contributed by atoms with E-state index in [0.717, 1.165) is 5.69 Å². The Bertz CT molecular complexity index is 1160. The van der Waals surface area contributed by atoms with Crippen LogP contribution in [-0.2, 0) is 13.5 Å². The minimum atomic E-state index is -0.466. The maximum Gasteiger partial charge on any atom is 0.225 e. The van der Waals surface area contributed by atoms with Crippen LogP contribution in [0, 0.1) is 5.82 Å². The molecule has 3 aromatic heterocycles. The highest BCUT2D eigenvalue weighted by atomic mass is 19.1. The first kappa shape index (κ1) is 18.6. The van der Waals surface area contributed by atoms with Crippen molar-refractivity contribution in [3.63, 3.8) is 0 Å². The van der Waals surface area contributed by atoms with Gasteiger partial charge in [-0.2, -0.15) is 10.1 Å². The summed E-state index contributed by atoms with van der Waals surface area (Å²) in [6, 6.07) is 10.3. The maximum atomic E-state index is 14.8. The maximum absolute atomic E-state index is 14.8. The summed E-state index contributed by atoms with van der Waals surface area (Å²) >= 11 is 0. The fraction of sp³-hybridized carbons (Fsp3) is 0.200. The molecule has 9 heteroatoms. The molecule has 0 saturated heterocycles. The van der Waals surface area contributed by atoms with Gasteiger partial charge in [-0.3, -0.25) is 9.67 Å². The molecule has 3 heterocycles. The third kappa shape index (κ3) is 3.66. The van der Waals surface area contributed by atoms with Gasteiger partial charge < -0.3 is 15.8 Å². The highest BCUT2D eigenvalue weighted by Crippen LogP contribution is 2.33. The van der Waals surface area contributed by atoms with Crippen molar-refractivity contribution in [2.75, 3.05) is 24.7 Å². The first-order valence-electron chi connectivity index (χ1n) is 9.04. The van der Waals surface area contributed by atoms with Gasteiger partial charge in [-0.25, -0.2) is 9.37 Å². The van der Waals surface area contributed by atoms with Crippen molar-refractivity contribution in [2.45, 2.75) is 6.42 Å². The van der Waals surface area contributed by atoms with E-state index < -0.39 is 5.82 Å². The number of pyridine rings is 1. The predicted molar refractivity (Wildman–Crippen MR) is 109 cm³/mol. The van der Waals surface area contributed by atoms with E-state index in [2.05, 4.69) is 25.4 Å². The lowest BCUT2D eigenvalue weighted by Gasteiger charge is -2.10. The van der Waals surface area contributed by atoms with Crippen molar-refractivity contribution < 1.29 is 9.13 Å². The SMILES string of the molecule is COc1ccc(-c2nc(NCCc3ccccn3)nc3nn(C)c(N)c23)c(F)c1. The fourth-order valence-electron chi connectivity index (χ4n) is 3.05. The summed E-state index contributed by atoms with van der Waals surface area (Å²) < 4.78 is 21.3. The topological polar surface area (TPSA) is 104 Å². The first-order valence-corrected chi connectivity index (χ1v) is 9.04. The Morgan fingerprint density at radius 2 is 2.07 bits per heavy atom. The van der Waals surface area contributed by atoms with Crippen LogP contribution in [-0.4, -0.2) is 38.4 Å². The van der Waals surface area contributed by atoms with Crippen molar-refractivity contribution in [2.24, 2.45) is 7.05 Å². The molecule has 0 radical (unpaired) electrons. The van der Waals surface area contributed by atoms with Crippen LogP contribution >= 0.6 is 0 Å². The molecule has 0 amide bonds. The highest BCUT2D eigenvalue weighted by Gasteiger charge is 2.19. The Morgan fingerprint density at radius 1 is 1.21 bits per heavy atom. The molecule has 0 aliphatic rings. The molecule has 0 aliphatic heterocycles. The molecular weight excluding hydrogens is 373 g/mol. The molecule has 1 aromatic carbocycles. The molecule has 148 valence electrons. The Kier molecular flexibility index (Phi) is 4.94. The summed E-state index contributed by atoms with van der Waals surface area (Å²) in [4.78, 5) is 13.3. The number of halogens is 1. The van der Waals surface area contributed by atoms with Gasteiger partial charge in [0.05, 0.1) is 18.2 Å². The van der Waals surface area contributed by atoms with E-state index in [4.69, 9.17) is 10.5 Å². The van der Waals surface area contributed by atoms with Crippen LogP contribution in [0.2, 0.25) is 0 Å². The number of hydrogen-bond donors (Lipinski definition) is 2. The third-order valence-electron chi connectivity index (χ3n) is 4.56. The summed E-state index contributed by atoms with van der Waals surface area (Å²) in [7, 11) is 3.19. The molecule has 0 atom stereocenters. The van der Waals surface area contributed by atoms with Gasteiger partial charge >= 0.3 is 0 Å². The normalized spacial score (nSPS) is 11.0. The van der Waals surface area contributed by atoms with Crippen LogP contribution in [0.4, 0.5) is 16.2 Å². The monoisotopic (exact) mass is 393 g/mol. The summed E-state index contributed by atoms with van der Waals surface area (Å²) in [5, 5.41) is 8.00. The average molecular weight is 393 g/mol. The van der Waals surface area contributed by atoms with Crippen LogP contribution in [0.25, 0.3) is 22.3 Å². The molecule has 4 rings (SSSR count). The van der Waals surface area contributed by atoms with Crippen molar-refractivity contribution in [3.05, 3.63) is 54.1 Å². The van der Waals surface area contributed by atoms with Gasteiger partial charge in [0.15, 0.2) is 5.65 Å². The van der Waals surface area contributed by atoms with Crippen molar-refractivity contribution in [1.29, 1.82) is 0 Å². The van der Waals surface area contributed by atoms with E-state index in [-0.39, 0.29) is 0 Å². The Balaban J connectivity index is 1.72. The van der Waals surface area contributed by atoms with E-state index in [1.54, 1.807) is 25.4 Å². The third-order valence-corrected chi connectivity index (χ3v) is 4.56. The van der Waals surface area contributed by atoms with E-state index in [9.17, 15) is 4.39 Å². The van der Waals surface area contributed by atoms with Crippen LogP contribution in [0.15, 0.2) is 42.6 Å². The number of fused-ring (bicyclic) bond motifs is 1. The first-order chi connectivity index (χ1) is 14.1. The molecule has 0 aliphatic carbocycles.